The summed E-state index contributed by atoms with van der Waals surface area (Å²) in [4.78, 5) is 10.9. The second kappa shape index (κ2) is 5.65. The highest BCUT2D eigenvalue weighted by molar-refractivity contribution is 5.89. The molecular weight excluding hydrogens is 336 g/mol. The molecule has 0 radical (unpaired) electrons. The monoisotopic (exact) mass is 342 g/mol. The molecule has 4 nitrogen and oxygen atoms in total. The van der Waals surface area contributed by atoms with Crippen LogP contribution in [0.1, 0.15) is 0 Å². The van der Waals surface area contributed by atoms with E-state index in [1.54, 1.807) is 0 Å². The fraction of sp³-hybridized carbons (Fsp3) is 0.500. The first kappa shape index (κ1) is 18.0. The van der Waals surface area contributed by atoms with Gasteiger partial charge in [0.15, 0.2) is 0 Å². The fourth-order valence-electron chi connectivity index (χ4n) is 1.20. The molecule has 12 heteroatoms. The summed E-state index contributed by atoms with van der Waals surface area (Å²) in [6.07, 6.45) is -17.4. The van der Waals surface area contributed by atoms with E-state index in [-0.39, 0.29) is 0 Å². The molecular formula is C10H6F8O4. The third kappa shape index (κ3) is 3.80. The van der Waals surface area contributed by atoms with Crippen molar-refractivity contribution < 1.29 is 54.1 Å². The van der Waals surface area contributed by atoms with Crippen LogP contribution >= 0.6 is 0 Å². The molecule has 126 valence electrons. The molecule has 0 aromatic heterocycles. The molecule has 22 heavy (non-hydrogen) atoms. The van der Waals surface area contributed by atoms with Crippen molar-refractivity contribution in [3.05, 3.63) is 24.7 Å². The Balaban J connectivity index is 3.00. The minimum absolute atomic E-state index is 0.489. The van der Waals surface area contributed by atoms with Crippen molar-refractivity contribution in [2.24, 2.45) is 0 Å². The Kier molecular flexibility index (Phi) is 4.63. The maximum atomic E-state index is 13.6. The van der Waals surface area contributed by atoms with Gasteiger partial charge < -0.3 is 14.2 Å². The largest absolute Gasteiger partial charge is 0.454 e. The Hall–Kier alpha value is -2.01. The first-order valence-electron chi connectivity index (χ1n) is 5.15. The van der Waals surface area contributed by atoms with Crippen LogP contribution in [-0.2, 0) is 19.0 Å². The maximum Gasteiger partial charge on any atom is 0.431 e. The smallest absolute Gasteiger partial charge is 0.431 e. The van der Waals surface area contributed by atoms with Crippen molar-refractivity contribution in [3.8, 4) is 0 Å². The molecule has 0 aromatic carbocycles. The molecule has 0 bridgehead atoms. The van der Waals surface area contributed by atoms with Crippen LogP contribution in [0.25, 0.3) is 0 Å². The summed E-state index contributed by atoms with van der Waals surface area (Å²) in [5, 5.41) is 0. The second-order valence-corrected chi connectivity index (χ2v) is 3.85. The van der Waals surface area contributed by atoms with E-state index in [1.165, 1.54) is 0 Å². The number of ether oxygens (including phenoxy) is 3. The van der Waals surface area contributed by atoms with Crippen LogP contribution in [0.15, 0.2) is 24.7 Å². The lowest BCUT2D eigenvalue weighted by Gasteiger charge is -2.30. The molecule has 0 saturated carbocycles. The first-order valence-corrected chi connectivity index (χ1v) is 5.15. The number of alkyl halides is 8. The van der Waals surface area contributed by atoms with Gasteiger partial charge in [0.05, 0.1) is 0 Å². The number of carbonyl (C=O) groups excluding carboxylic acids is 1. The number of esters is 1. The van der Waals surface area contributed by atoms with E-state index in [9.17, 15) is 39.9 Å². The van der Waals surface area contributed by atoms with Gasteiger partial charge in [0, 0.05) is 0 Å². The summed E-state index contributed by atoms with van der Waals surface area (Å²) in [6, 6.07) is 0. The zero-order valence-corrected chi connectivity index (χ0v) is 10.2. The number of rotatable bonds is 4. The van der Waals surface area contributed by atoms with Gasteiger partial charge in [0.2, 0.25) is 0 Å². The van der Waals surface area contributed by atoms with Crippen LogP contribution in [0.2, 0.25) is 0 Å². The van der Waals surface area contributed by atoms with Crippen LogP contribution in [0.5, 0.6) is 0 Å². The van der Waals surface area contributed by atoms with Gasteiger partial charge in [-0.05, 0) is 0 Å². The molecule has 1 aliphatic heterocycles. The Morgan fingerprint density at radius 2 is 1.50 bits per heavy atom. The van der Waals surface area contributed by atoms with Crippen molar-refractivity contribution >= 4 is 5.97 Å². The van der Waals surface area contributed by atoms with E-state index in [1.807, 2.05) is 0 Å². The van der Waals surface area contributed by atoms with Gasteiger partial charge in [0.25, 0.3) is 6.10 Å². The van der Waals surface area contributed by atoms with Gasteiger partial charge in [-0.3, -0.25) is 0 Å². The fourth-order valence-corrected chi connectivity index (χ4v) is 1.20. The van der Waals surface area contributed by atoms with Crippen LogP contribution in [0.3, 0.4) is 0 Å². The van der Waals surface area contributed by atoms with E-state index in [0.717, 1.165) is 0 Å². The topological polar surface area (TPSA) is 44.8 Å². The first-order chi connectivity index (χ1) is 9.78. The number of halogens is 8. The summed E-state index contributed by atoms with van der Waals surface area (Å²) in [7, 11) is 0. The lowest BCUT2D eigenvalue weighted by atomic mass is 10.1. The molecule has 0 spiro atoms. The number of hydrogen-bond donors (Lipinski definition) is 0. The van der Waals surface area contributed by atoms with Crippen molar-refractivity contribution in [2.75, 3.05) is 0 Å². The van der Waals surface area contributed by atoms with Crippen molar-refractivity contribution in [1.82, 2.24) is 0 Å². The minimum Gasteiger partial charge on any atom is -0.454 e. The van der Waals surface area contributed by atoms with Crippen molar-refractivity contribution in [1.29, 1.82) is 0 Å². The molecule has 0 aliphatic carbocycles. The van der Waals surface area contributed by atoms with E-state index in [0.29, 0.717) is 12.5 Å². The normalized spacial score (nSPS) is 17.6. The summed E-state index contributed by atoms with van der Waals surface area (Å²) < 4.78 is 113. The average Bonchev–Trinajstić information content (AvgIpc) is 2.86. The Morgan fingerprint density at radius 3 is 1.86 bits per heavy atom. The summed E-state index contributed by atoms with van der Waals surface area (Å²) >= 11 is 0. The van der Waals surface area contributed by atoms with E-state index < -0.39 is 42.2 Å². The van der Waals surface area contributed by atoms with Gasteiger partial charge in [-0.25, -0.2) is 4.79 Å². The summed E-state index contributed by atoms with van der Waals surface area (Å²) in [5.41, 5.74) is -2.37. The van der Waals surface area contributed by atoms with Crippen LogP contribution in [0, 0.1) is 0 Å². The molecule has 1 rings (SSSR count). The molecule has 0 fully saturated rings. The zero-order valence-electron chi connectivity index (χ0n) is 10.2. The van der Waals surface area contributed by atoms with Crippen LogP contribution in [-0.4, -0.2) is 36.6 Å². The summed E-state index contributed by atoms with van der Waals surface area (Å²) in [6.45, 7) is 2.15. The molecule has 0 aromatic rings. The molecule has 0 N–H and O–H groups in total. The Bertz CT molecular complexity index is 470. The zero-order chi connectivity index (χ0) is 17.3. The quantitative estimate of drug-likeness (QED) is 0.448. The maximum absolute atomic E-state index is 13.6. The highest BCUT2D eigenvalue weighted by atomic mass is 19.4. The van der Waals surface area contributed by atoms with Gasteiger partial charge >= 0.3 is 30.5 Å². The van der Waals surface area contributed by atoms with Gasteiger partial charge in [-0.1, -0.05) is 6.58 Å². The summed E-state index contributed by atoms with van der Waals surface area (Å²) in [5.74, 6) is -7.70. The highest BCUT2D eigenvalue weighted by Gasteiger charge is 2.65. The lowest BCUT2D eigenvalue weighted by Crippen LogP contribution is -2.54. The second-order valence-electron chi connectivity index (χ2n) is 3.85. The lowest BCUT2D eigenvalue weighted by molar-refractivity contribution is -0.318. The average molecular weight is 342 g/mol. The van der Waals surface area contributed by atoms with Crippen molar-refractivity contribution in [2.45, 2.75) is 30.7 Å². The van der Waals surface area contributed by atoms with Crippen LogP contribution < -0.4 is 0 Å². The Morgan fingerprint density at radius 1 is 1.05 bits per heavy atom. The van der Waals surface area contributed by atoms with Gasteiger partial charge in [-0.2, -0.15) is 35.1 Å². The predicted octanol–water partition coefficient (Wildman–Crippen LogP) is 3.06. The molecule has 0 saturated heterocycles. The van der Waals surface area contributed by atoms with Crippen molar-refractivity contribution in [3.63, 3.8) is 0 Å². The van der Waals surface area contributed by atoms with E-state index >= 15 is 0 Å². The van der Waals surface area contributed by atoms with Crippen LogP contribution in [0.4, 0.5) is 35.1 Å². The van der Waals surface area contributed by atoms with Gasteiger partial charge in [-0.15, -0.1) is 0 Å². The predicted molar refractivity (Wildman–Crippen MR) is 51.2 cm³/mol. The highest BCUT2D eigenvalue weighted by Crippen LogP contribution is 2.40. The SMILES string of the molecule is C=C(C(=O)OC(C(F)(F)F)C(F)(F)C1OC=CO1)C(F)(F)F. The van der Waals surface area contributed by atoms with E-state index in [4.69, 9.17) is 0 Å². The standard InChI is InChI=1S/C10H6F8O4/c1-4(9(13,14)15)5(19)22-6(10(16,17)18)8(11,12)7-20-2-3-21-7/h2-3,6-7H,1H2. The third-order valence-corrected chi connectivity index (χ3v) is 2.23. The third-order valence-electron chi connectivity index (χ3n) is 2.23. The van der Waals surface area contributed by atoms with E-state index in [2.05, 4.69) is 20.8 Å². The molecule has 1 aliphatic rings. The molecule has 1 unspecified atom stereocenters. The Labute approximate surface area is 116 Å². The van der Waals surface area contributed by atoms with Gasteiger partial charge in [0.1, 0.15) is 18.1 Å². The number of hydrogen-bond acceptors (Lipinski definition) is 4. The molecule has 1 heterocycles. The molecule has 0 amide bonds. The minimum atomic E-state index is -5.89. The molecule has 1 atom stereocenters. The number of carbonyl (C=O) groups is 1.